The van der Waals surface area contributed by atoms with Gasteiger partial charge in [0.25, 0.3) is 0 Å². The second kappa shape index (κ2) is 5.97. The Hall–Kier alpha value is -1.69. The Labute approximate surface area is 110 Å². The molecular formula is C13H16FNO4. The largest absolute Gasteiger partial charge is 0.483 e. The molecule has 0 unspecified atom stereocenters. The van der Waals surface area contributed by atoms with Gasteiger partial charge in [-0.2, -0.15) is 0 Å². The van der Waals surface area contributed by atoms with Gasteiger partial charge >= 0.3 is 5.69 Å². The van der Waals surface area contributed by atoms with Crippen LogP contribution in [0.5, 0.6) is 5.75 Å². The van der Waals surface area contributed by atoms with Crippen LogP contribution in [0.1, 0.15) is 25.7 Å². The first-order chi connectivity index (χ1) is 9.10. The van der Waals surface area contributed by atoms with Crippen LogP contribution in [0.2, 0.25) is 0 Å². The number of benzene rings is 1. The highest BCUT2D eigenvalue weighted by atomic mass is 19.1. The van der Waals surface area contributed by atoms with Crippen molar-refractivity contribution in [2.45, 2.75) is 37.9 Å². The van der Waals surface area contributed by atoms with Gasteiger partial charge in [0.15, 0.2) is 5.75 Å². The van der Waals surface area contributed by atoms with Crippen molar-refractivity contribution in [3.05, 3.63) is 34.1 Å². The Bertz CT molecular complexity index is 466. The van der Waals surface area contributed by atoms with E-state index in [4.69, 9.17) is 9.47 Å². The van der Waals surface area contributed by atoms with Gasteiger partial charge in [-0.1, -0.05) is 0 Å². The molecule has 0 saturated heterocycles. The zero-order chi connectivity index (χ0) is 13.8. The maximum Gasteiger partial charge on any atom is 0.311 e. The van der Waals surface area contributed by atoms with E-state index < -0.39 is 10.7 Å². The van der Waals surface area contributed by atoms with Gasteiger partial charge in [0, 0.05) is 25.7 Å². The van der Waals surface area contributed by atoms with E-state index >= 15 is 0 Å². The lowest BCUT2D eigenvalue weighted by atomic mass is 9.95. The van der Waals surface area contributed by atoms with Crippen LogP contribution in [0.15, 0.2) is 18.2 Å². The normalized spacial score (nSPS) is 23.1. The number of hydrogen-bond acceptors (Lipinski definition) is 4. The Kier molecular flexibility index (Phi) is 4.31. The molecule has 1 aliphatic carbocycles. The Balaban J connectivity index is 2.13. The van der Waals surface area contributed by atoms with E-state index in [1.807, 2.05) is 0 Å². The number of hydrogen-bond donors (Lipinski definition) is 0. The molecule has 0 heterocycles. The molecule has 19 heavy (non-hydrogen) atoms. The molecule has 0 amide bonds. The summed E-state index contributed by atoms with van der Waals surface area (Å²) < 4.78 is 24.1. The van der Waals surface area contributed by atoms with Crippen molar-refractivity contribution in [2.75, 3.05) is 7.11 Å². The Morgan fingerprint density at radius 1 is 1.37 bits per heavy atom. The fourth-order valence-electron chi connectivity index (χ4n) is 2.34. The average Bonchev–Trinajstić information content (AvgIpc) is 2.38. The Morgan fingerprint density at radius 3 is 2.79 bits per heavy atom. The zero-order valence-corrected chi connectivity index (χ0v) is 10.7. The molecule has 2 atom stereocenters. The van der Waals surface area contributed by atoms with Crippen molar-refractivity contribution in [3.8, 4) is 5.75 Å². The van der Waals surface area contributed by atoms with Crippen molar-refractivity contribution in [3.63, 3.8) is 0 Å². The molecule has 0 spiro atoms. The number of nitrogens with zero attached hydrogens (tertiary/aromatic N) is 1. The molecule has 104 valence electrons. The fraction of sp³-hybridized carbons (Fsp3) is 0.538. The van der Waals surface area contributed by atoms with Crippen molar-refractivity contribution < 1.29 is 18.8 Å². The number of nitro groups is 1. The van der Waals surface area contributed by atoms with E-state index in [1.165, 1.54) is 0 Å². The molecule has 1 aliphatic rings. The minimum Gasteiger partial charge on any atom is -0.483 e. The lowest BCUT2D eigenvalue weighted by Crippen LogP contribution is -2.29. The molecule has 0 aliphatic heterocycles. The SMILES string of the molecule is CO[C@@H]1CCC[C@H](Oc2cc(F)ccc2[N+](=O)[O-])C1. The molecule has 0 N–H and O–H groups in total. The summed E-state index contributed by atoms with van der Waals surface area (Å²) in [6.07, 6.45) is 3.30. The van der Waals surface area contributed by atoms with Crippen LogP contribution in [0.25, 0.3) is 0 Å². The minimum atomic E-state index is -0.564. The van der Waals surface area contributed by atoms with Crippen molar-refractivity contribution in [2.24, 2.45) is 0 Å². The van der Waals surface area contributed by atoms with E-state index in [2.05, 4.69) is 0 Å². The molecule has 1 aromatic rings. The highest BCUT2D eigenvalue weighted by Crippen LogP contribution is 2.32. The highest BCUT2D eigenvalue weighted by molar-refractivity contribution is 5.46. The van der Waals surface area contributed by atoms with Gasteiger partial charge in [-0.05, 0) is 25.3 Å². The molecular weight excluding hydrogens is 253 g/mol. The smallest absolute Gasteiger partial charge is 0.311 e. The maximum atomic E-state index is 13.2. The van der Waals surface area contributed by atoms with Gasteiger partial charge in [0.1, 0.15) is 11.9 Å². The summed E-state index contributed by atoms with van der Waals surface area (Å²) in [5, 5.41) is 10.9. The van der Waals surface area contributed by atoms with E-state index in [0.717, 1.165) is 37.5 Å². The van der Waals surface area contributed by atoms with Crippen molar-refractivity contribution in [1.82, 2.24) is 0 Å². The van der Waals surface area contributed by atoms with Crippen LogP contribution in [0, 0.1) is 15.9 Å². The monoisotopic (exact) mass is 269 g/mol. The van der Waals surface area contributed by atoms with Crippen LogP contribution in [-0.4, -0.2) is 24.2 Å². The van der Waals surface area contributed by atoms with Crippen LogP contribution >= 0.6 is 0 Å². The second-order valence-corrected chi connectivity index (χ2v) is 4.63. The molecule has 1 fully saturated rings. The zero-order valence-electron chi connectivity index (χ0n) is 10.7. The highest BCUT2D eigenvalue weighted by Gasteiger charge is 2.26. The molecule has 0 aromatic heterocycles. The average molecular weight is 269 g/mol. The van der Waals surface area contributed by atoms with Crippen LogP contribution in [0.3, 0.4) is 0 Å². The molecule has 2 rings (SSSR count). The van der Waals surface area contributed by atoms with Gasteiger partial charge < -0.3 is 9.47 Å². The van der Waals surface area contributed by atoms with Crippen LogP contribution in [0.4, 0.5) is 10.1 Å². The summed E-state index contributed by atoms with van der Waals surface area (Å²) in [6.45, 7) is 0. The third-order valence-corrected chi connectivity index (χ3v) is 3.32. The maximum absolute atomic E-state index is 13.2. The summed E-state index contributed by atoms with van der Waals surface area (Å²) >= 11 is 0. The number of nitro benzene ring substituents is 1. The predicted octanol–water partition coefficient (Wildman–Crippen LogP) is 3.07. The molecule has 1 aromatic carbocycles. The van der Waals surface area contributed by atoms with Crippen LogP contribution < -0.4 is 4.74 Å². The first-order valence-corrected chi connectivity index (χ1v) is 6.23. The van der Waals surface area contributed by atoms with E-state index in [-0.39, 0.29) is 23.6 Å². The topological polar surface area (TPSA) is 61.6 Å². The first kappa shape index (κ1) is 13.7. The predicted molar refractivity (Wildman–Crippen MR) is 66.7 cm³/mol. The summed E-state index contributed by atoms with van der Waals surface area (Å²) in [4.78, 5) is 10.3. The van der Waals surface area contributed by atoms with Gasteiger partial charge in [-0.3, -0.25) is 10.1 Å². The van der Waals surface area contributed by atoms with Gasteiger partial charge in [0.2, 0.25) is 0 Å². The first-order valence-electron chi connectivity index (χ1n) is 6.23. The standard InChI is InChI=1S/C13H16FNO4/c1-18-10-3-2-4-11(8-10)19-13-7-9(14)5-6-12(13)15(16)17/h5-7,10-11H,2-4,8H2,1H3/t10-,11+/m1/s1. The van der Waals surface area contributed by atoms with E-state index in [0.29, 0.717) is 6.42 Å². The second-order valence-electron chi connectivity index (χ2n) is 4.63. The number of rotatable bonds is 4. The molecule has 0 bridgehead atoms. The van der Waals surface area contributed by atoms with E-state index in [1.54, 1.807) is 7.11 Å². The Morgan fingerprint density at radius 2 is 2.11 bits per heavy atom. The van der Waals surface area contributed by atoms with Gasteiger partial charge in [-0.15, -0.1) is 0 Å². The molecule has 0 radical (unpaired) electrons. The van der Waals surface area contributed by atoms with Crippen molar-refractivity contribution >= 4 is 5.69 Å². The van der Waals surface area contributed by atoms with Gasteiger partial charge in [-0.25, -0.2) is 4.39 Å². The summed E-state index contributed by atoms with van der Waals surface area (Å²) in [5.41, 5.74) is -0.207. The summed E-state index contributed by atoms with van der Waals surface area (Å²) in [6, 6.07) is 3.25. The van der Waals surface area contributed by atoms with Gasteiger partial charge in [0.05, 0.1) is 11.0 Å². The molecule has 1 saturated carbocycles. The summed E-state index contributed by atoms with van der Waals surface area (Å²) in [5.74, 6) is -0.550. The number of halogens is 1. The number of ether oxygens (including phenoxy) is 2. The number of methoxy groups -OCH3 is 1. The third-order valence-electron chi connectivity index (χ3n) is 3.32. The lowest BCUT2D eigenvalue weighted by molar-refractivity contribution is -0.386. The molecule has 5 nitrogen and oxygen atoms in total. The summed E-state index contributed by atoms with van der Waals surface area (Å²) in [7, 11) is 1.64. The fourth-order valence-corrected chi connectivity index (χ4v) is 2.34. The minimum absolute atomic E-state index is 0.00764. The molecule has 6 heteroatoms. The van der Waals surface area contributed by atoms with Crippen molar-refractivity contribution in [1.29, 1.82) is 0 Å². The lowest BCUT2D eigenvalue weighted by Gasteiger charge is -2.28. The quantitative estimate of drug-likeness (QED) is 0.622. The van der Waals surface area contributed by atoms with E-state index in [9.17, 15) is 14.5 Å². The third kappa shape index (κ3) is 3.41. The van der Waals surface area contributed by atoms with Crippen LogP contribution in [-0.2, 0) is 4.74 Å².